The minimum atomic E-state index is 0.564. The molecule has 29 heavy (non-hydrogen) atoms. The van der Waals surface area contributed by atoms with Crippen LogP contribution in [0.2, 0.25) is 5.02 Å². The summed E-state index contributed by atoms with van der Waals surface area (Å²) in [6.45, 7) is 8.94. The summed E-state index contributed by atoms with van der Waals surface area (Å²) in [4.78, 5) is 8.78. The molecule has 3 rings (SSSR count). The van der Waals surface area contributed by atoms with Crippen LogP contribution in [0.15, 0.2) is 48.5 Å². The van der Waals surface area contributed by atoms with E-state index in [9.17, 15) is 0 Å². The molecule has 0 bridgehead atoms. The number of aromatic nitrogens is 1. The van der Waals surface area contributed by atoms with Crippen molar-refractivity contribution >= 4 is 28.1 Å². The fraction of sp³-hybridized carbons (Fsp3) is 0.375. The lowest BCUT2D eigenvalue weighted by molar-refractivity contribution is 0.654. The van der Waals surface area contributed by atoms with Crippen molar-refractivity contribution in [2.45, 2.75) is 40.2 Å². The maximum atomic E-state index is 6.42. The van der Waals surface area contributed by atoms with Gasteiger partial charge in [0.15, 0.2) is 5.13 Å². The lowest BCUT2D eigenvalue weighted by atomic mass is 10.0. The van der Waals surface area contributed by atoms with Gasteiger partial charge in [-0.05, 0) is 49.4 Å². The molecule has 0 aliphatic heterocycles. The molecule has 2 aromatic carbocycles. The van der Waals surface area contributed by atoms with Crippen LogP contribution >= 0.6 is 22.9 Å². The molecule has 0 saturated heterocycles. The van der Waals surface area contributed by atoms with E-state index in [1.807, 2.05) is 13.0 Å². The molecule has 2 N–H and O–H groups in total. The van der Waals surface area contributed by atoms with Crippen molar-refractivity contribution in [1.29, 1.82) is 0 Å². The Hall–Kier alpha value is -1.88. The summed E-state index contributed by atoms with van der Waals surface area (Å²) in [5.74, 6) is 0.564. The van der Waals surface area contributed by atoms with Gasteiger partial charge in [0.25, 0.3) is 0 Å². The monoisotopic (exact) mass is 427 g/mol. The second-order valence-electron chi connectivity index (χ2n) is 7.88. The van der Waals surface area contributed by atoms with Gasteiger partial charge >= 0.3 is 0 Å². The predicted molar refractivity (Wildman–Crippen MR) is 127 cm³/mol. The molecule has 0 radical (unpaired) electrons. The molecular formula is C24H30ClN3S. The zero-order valence-corrected chi connectivity index (χ0v) is 19.1. The van der Waals surface area contributed by atoms with Crippen LogP contribution in [-0.2, 0) is 13.0 Å². The van der Waals surface area contributed by atoms with Crippen LogP contribution in [0.1, 0.15) is 36.3 Å². The Morgan fingerprint density at radius 1 is 1.14 bits per heavy atom. The number of hydrogen-bond donors (Lipinski definition) is 1. The van der Waals surface area contributed by atoms with Crippen LogP contribution < -0.4 is 10.6 Å². The van der Waals surface area contributed by atoms with Gasteiger partial charge in [-0.3, -0.25) is 0 Å². The molecule has 154 valence electrons. The van der Waals surface area contributed by atoms with Crippen LogP contribution in [-0.4, -0.2) is 18.1 Å². The van der Waals surface area contributed by atoms with Gasteiger partial charge in [0.2, 0.25) is 0 Å². The van der Waals surface area contributed by atoms with Crippen molar-refractivity contribution in [3.8, 4) is 11.3 Å². The first-order valence-electron chi connectivity index (χ1n) is 10.2. The summed E-state index contributed by atoms with van der Waals surface area (Å²) in [5, 5.41) is 1.85. The zero-order chi connectivity index (χ0) is 20.8. The highest BCUT2D eigenvalue weighted by Gasteiger charge is 2.19. The van der Waals surface area contributed by atoms with Crippen molar-refractivity contribution in [3.63, 3.8) is 0 Å². The second kappa shape index (κ2) is 10.2. The lowest BCUT2D eigenvalue weighted by Crippen LogP contribution is -2.25. The Morgan fingerprint density at radius 3 is 2.55 bits per heavy atom. The molecule has 1 heterocycles. The van der Waals surface area contributed by atoms with Crippen LogP contribution in [0, 0.1) is 12.8 Å². The Balaban J connectivity index is 1.99. The number of halogens is 1. The zero-order valence-electron chi connectivity index (χ0n) is 17.5. The maximum absolute atomic E-state index is 6.42. The summed E-state index contributed by atoms with van der Waals surface area (Å²) in [7, 11) is 0. The maximum Gasteiger partial charge on any atom is 0.186 e. The van der Waals surface area contributed by atoms with Gasteiger partial charge in [-0.15, -0.1) is 11.3 Å². The molecule has 0 spiro atoms. The summed E-state index contributed by atoms with van der Waals surface area (Å²) in [6.07, 6.45) is 1.95. The highest BCUT2D eigenvalue weighted by Crippen LogP contribution is 2.36. The Labute approximate surface area is 183 Å². The second-order valence-corrected chi connectivity index (χ2v) is 9.35. The van der Waals surface area contributed by atoms with Crippen molar-refractivity contribution in [1.82, 2.24) is 4.98 Å². The van der Waals surface area contributed by atoms with E-state index in [1.54, 1.807) is 11.3 Å². The molecule has 0 aliphatic rings. The molecule has 3 aromatic rings. The summed E-state index contributed by atoms with van der Waals surface area (Å²) < 4.78 is 0. The third-order valence-corrected chi connectivity index (χ3v) is 6.39. The van der Waals surface area contributed by atoms with Crippen LogP contribution in [0.4, 0.5) is 5.13 Å². The normalized spacial score (nSPS) is 11.2. The highest BCUT2D eigenvalue weighted by atomic mass is 35.5. The van der Waals surface area contributed by atoms with Crippen molar-refractivity contribution in [2.24, 2.45) is 11.7 Å². The number of benzene rings is 2. The molecule has 0 unspecified atom stereocenters. The number of nitrogens with two attached hydrogens (primary N) is 1. The molecule has 0 amide bonds. The minimum absolute atomic E-state index is 0.564. The third kappa shape index (κ3) is 5.81. The highest BCUT2D eigenvalue weighted by molar-refractivity contribution is 7.16. The first kappa shape index (κ1) is 21.8. The standard InChI is InChI=1S/C24H30ClN3S/c1-17(2)14-22-23(20-11-10-18(3)21(25)15-20)27-24(29-22)28(13-7-12-26)16-19-8-5-4-6-9-19/h4-6,8-11,15,17H,7,12-14,16,26H2,1-3H3. The van der Waals surface area contributed by atoms with E-state index in [0.717, 1.165) is 52.9 Å². The van der Waals surface area contributed by atoms with Gasteiger partial charge in [0.1, 0.15) is 0 Å². The Morgan fingerprint density at radius 2 is 1.90 bits per heavy atom. The van der Waals surface area contributed by atoms with E-state index in [-0.39, 0.29) is 0 Å². The Bertz CT molecular complexity index is 921. The van der Waals surface area contributed by atoms with Crippen molar-refractivity contribution < 1.29 is 0 Å². The minimum Gasteiger partial charge on any atom is -0.344 e. The Kier molecular flexibility index (Phi) is 7.70. The van der Waals surface area contributed by atoms with Crippen molar-refractivity contribution in [3.05, 3.63) is 69.6 Å². The van der Waals surface area contributed by atoms with Gasteiger partial charge in [-0.25, -0.2) is 4.98 Å². The van der Waals surface area contributed by atoms with E-state index in [4.69, 9.17) is 22.3 Å². The summed E-state index contributed by atoms with van der Waals surface area (Å²) in [6, 6.07) is 16.8. The van der Waals surface area contributed by atoms with Crippen molar-refractivity contribution in [2.75, 3.05) is 18.0 Å². The largest absolute Gasteiger partial charge is 0.344 e. The SMILES string of the molecule is Cc1ccc(-c2nc(N(CCCN)Cc3ccccc3)sc2CC(C)C)cc1Cl. The molecule has 0 fully saturated rings. The van der Waals surface area contributed by atoms with Gasteiger partial charge in [0.05, 0.1) is 5.69 Å². The van der Waals surface area contributed by atoms with E-state index < -0.39 is 0 Å². The summed E-state index contributed by atoms with van der Waals surface area (Å²) in [5.41, 5.74) is 10.3. The average molecular weight is 428 g/mol. The molecule has 5 heteroatoms. The lowest BCUT2D eigenvalue weighted by Gasteiger charge is -2.21. The van der Waals surface area contributed by atoms with Gasteiger partial charge < -0.3 is 10.6 Å². The smallest absolute Gasteiger partial charge is 0.186 e. The summed E-state index contributed by atoms with van der Waals surface area (Å²) >= 11 is 8.22. The molecule has 0 atom stereocenters. The molecule has 0 aliphatic carbocycles. The number of aryl methyl sites for hydroxylation is 1. The first-order chi connectivity index (χ1) is 14.0. The first-order valence-corrected chi connectivity index (χ1v) is 11.4. The van der Waals surface area contributed by atoms with Crippen LogP contribution in [0.25, 0.3) is 11.3 Å². The third-order valence-electron chi connectivity index (χ3n) is 4.84. The number of nitrogens with zero attached hydrogens (tertiary/aromatic N) is 2. The fourth-order valence-electron chi connectivity index (χ4n) is 3.28. The van der Waals surface area contributed by atoms with Gasteiger partial charge in [-0.2, -0.15) is 0 Å². The van der Waals surface area contributed by atoms with Crippen LogP contribution in [0.3, 0.4) is 0 Å². The average Bonchev–Trinajstić information content (AvgIpc) is 3.11. The van der Waals surface area contributed by atoms with E-state index in [0.29, 0.717) is 12.5 Å². The quantitative estimate of drug-likeness (QED) is 0.434. The molecule has 1 aromatic heterocycles. The molecule has 0 saturated carbocycles. The van der Waals surface area contributed by atoms with Gasteiger partial charge in [-0.1, -0.05) is 67.9 Å². The molecule has 3 nitrogen and oxygen atoms in total. The van der Waals surface area contributed by atoms with E-state index in [1.165, 1.54) is 10.4 Å². The number of anilines is 1. The number of rotatable bonds is 9. The van der Waals surface area contributed by atoms with E-state index in [2.05, 4.69) is 61.2 Å². The topological polar surface area (TPSA) is 42.2 Å². The number of thiazole rings is 1. The van der Waals surface area contributed by atoms with Crippen LogP contribution in [0.5, 0.6) is 0 Å². The number of hydrogen-bond acceptors (Lipinski definition) is 4. The fourth-order valence-corrected chi connectivity index (χ4v) is 4.78. The predicted octanol–water partition coefficient (Wildman–Crippen LogP) is 6.33. The molecular weight excluding hydrogens is 398 g/mol. The van der Waals surface area contributed by atoms with Gasteiger partial charge in [0, 0.05) is 28.6 Å². The van der Waals surface area contributed by atoms with E-state index >= 15 is 0 Å².